The van der Waals surface area contributed by atoms with Gasteiger partial charge in [0.05, 0.1) is 12.0 Å². The van der Waals surface area contributed by atoms with Crippen LogP contribution in [0, 0.1) is 0 Å². The summed E-state index contributed by atoms with van der Waals surface area (Å²) in [6.45, 7) is 1.57. The summed E-state index contributed by atoms with van der Waals surface area (Å²) in [5.41, 5.74) is 1.62. The van der Waals surface area contributed by atoms with Gasteiger partial charge in [-0.3, -0.25) is 4.79 Å². The van der Waals surface area contributed by atoms with Crippen LogP contribution in [0.5, 0.6) is 0 Å². The zero-order chi connectivity index (χ0) is 17.6. The number of benzene rings is 1. The first-order valence-corrected chi connectivity index (χ1v) is 9.00. The van der Waals surface area contributed by atoms with Crippen molar-refractivity contribution in [3.05, 3.63) is 53.6 Å². The first-order chi connectivity index (χ1) is 12.1. The number of amides is 1. The summed E-state index contributed by atoms with van der Waals surface area (Å²) < 4.78 is 5.44. The molecule has 0 saturated heterocycles. The molecule has 0 fully saturated rings. The molecule has 1 aromatic carbocycles. The number of hydrogen-bond acceptors (Lipinski definition) is 5. The summed E-state index contributed by atoms with van der Waals surface area (Å²) in [7, 11) is 4.04. The van der Waals surface area contributed by atoms with E-state index in [4.69, 9.17) is 4.42 Å². The predicted molar refractivity (Wildman–Crippen MR) is 101 cm³/mol. The minimum atomic E-state index is -0.0899. The Morgan fingerprint density at radius 2 is 2.00 bits per heavy atom. The van der Waals surface area contributed by atoms with Crippen molar-refractivity contribution < 1.29 is 9.21 Å². The van der Waals surface area contributed by atoms with Crippen LogP contribution in [0.3, 0.4) is 0 Å². The molecule has 1 amide bonds. The molecule has 0 radical (unpaired) electrons. The molecule has 0 aliphatic heterocycles. The number of rotatable bonds is 7. The number of nitrogens with zero attached hydrogens (tertiary/aromatic N) is 2. The van der Waals surface area contributed by atoms with Gasteiger partial charge in [0.25, 0.3) is 5.91 Å². The van der Waals surface area contributed by atoms with E-state index in [0.717, 1.165) is 18.5 Å². The number of nitrogens with one attached hydrogen (secondary N) is 1. The second-order valence-electron chi connectivity index (χ2n) is 5.95. The van der Waals surface area contributed by atoms with Crippen molar-refractivity contribution in [1.82, 2.24) is 15.2 Å². The molecular weight excluding hydrogens is 334 g/mol. The van der Waals surface area contributed by atoms with E-state index in [1.165, 1.54) is 11.3 Å². The van der Waals surface area contributed by atoms with Gasteiger partial charge in [-0.1, -0.05) is 30.3 Å². The van der Waals surface area contributed by atoms with Gasteiger partial charge in [0, 0.05) is 12.1 Å². The number of furan rings is 1. The Balaban J connectivity index is 1.85. The van der Waals surface area contributed by atoms with Gasteiger partial charge in [-0.2, -0.15) is 0 Å². The van der Waals surface area contributed by atoms with Crippen LogP contribution in [0.1, 0.15) is 16.1 Å². The van der Waals surface area contributed by atoms with Gasteiger partial charge < -0.3 is 14.6 Å². The monoisotopic (exact) mass is 355 g/mol. The van der Waals surface area contributed by atoms with Gasteiger partial charge in [0.2, 0.25) is 0 Å². The minimum Gasteiger partial charge on any atom is -0.462 e. The Bertz CT molecular complexity index is 811. The molecule has 0 unspecified atom stereocenters. The third-order valence-corrected chi connectivity index (χ3v) is 4.75. The SMILES string of the molecule is CN(C)CCCNC(=O)c1sc(-c2ccco2)nc1-c1ccccc1. The van der Waals surface area contributed by atoms with E-state index in [1.54, 1.807) is 6.26 Å². The molecule has 3 rings (SSSR count). The average molecular weight is 355 g/mol. The highest BCUT2D eigenvalue weighted by Crippen LogP contribution is 2.34. The standard InChI is InChI=1S/C19H21N3O2S/c1-22(2)12-7-11-20-18(23)17-16(14-8-4-3-5-9-14)21-19(25-17)15-10-6-13-24-15/h3-6,8-10,13H,7,11-12H2,1-2H3,(H,20,23). The Hall–Kier alpha value is -2.44. The first kappa shape index (κ1) is 17.4. The fraction of sp³-hybridized carbons (Fsp3) is 0.263. The molecule has 1 N–H and O–H groups in total. The van der Waals surface area contributed by atoms with Crippen molar-refractivity contribution in [2.45, 2.75) is 6.42 Å². The number of hydrogen-bond donors (Lipinski definition) is 1. The highest BCUT2D eigenvalue weighted by atomic mass is 32.1. The summed E-state index contributed by atoms with van der Waals surface area (Å²) in [6, 6.07) is 13.4. The second-order valence-corrected chi connectivity index (χ2v) is 6.95. The van der Waals surface area contributed by atoms with Crippen molar-refractivity contribution in [2.75, 3.05) is 27.2 Å². The maximum atomic E-state index is 12.7. The zero-order valence-electron chi connectivity index (χ0n) is 14.4. The highest BCUT2D eigenvalue weighted by Gasteiger charge is 2.20. The smallest absolute Gasteiger partial charge is 0.263 e. The molecule has 2 heterocycles. The summed E-state index contributed by atoms with van der Waals surface area (Å²) >= 11 is 1.36. The fourth-order valence-corrected chi connectivity index (χ4v) is 3.42. The van der Waals surface area contributed by atoms with E-state index in [9.17, 15) is 4.79 Å². The lowest BCUT2D eigenvalue weighted by molar-refractivity contribution is 0.0957. The van der Waals surface area contributed by atoms with E-state index in [2.05, 4.69) is 15.2 Å². The Kier molecular flexibility index (Phi) is 5.63. The summed E-state index contributed by atoms with van der Waals surface area (Å²) in [4.78, 5) is 20.1. The third-order valence-electron chi connectivity index (χ3n) is 3.68. The van der Waals surface area contributed by atoms with E-state index >= 15 is 0 Å². The topological polar surface area (TPSA) is 58.4 Å². The lowest BCUT2D eigenvalue weighted by atomic mass is 10.1. The molecule has 0 aliphatic rings. The normalized spacial score (nSPS) is 11.0. The molecule has 0 atom stereocenters. The van der Waals surface area contributed by atoms with Gasteiger partial charge in [0.15, 0.2) is 10.8 Å². The fourth-order valence-electron chi connectivity index (χ4n) is 2.45. The van der Waals surface area contributed by atoms with Crippen molar-refractivity contribution in [3.63, 3.8) is 0 Å². The lowest BCUT2D eigenvalue weighted by Gasteiger charge is -2.09. The highest BCUT2D eigenvalue weighted by molar-refractivity contribution is 7.17. The van der Waals surface area contributed by atoms with Crippen LogP contribution in [-0.4, -0.2) is 43.0 Å². The zero-order valence-corrected chi connectivity index (χ0v) is 15.2. The van der Waals surface area contributed by atoms with E-state index in [0.29, 0.717) is 27.9 Å². The molecule has 0 spiro atoms. The molecule has 5 nitrogen and oxygen atoms in total. The molecule has 3 aromatic rings. The second kappa shape index (κ2) is 8.09. The van der Waals surface area contributed by atoms with Gasteiger partial charge in [-0.25, -0.2) is 4.98 Å². The first-order valence-electron chi connectivity index (χ1n) is 8.18. The van der Waals surface area contributed by atoms with Crippen molar-refractivity contribution in [1.29, 1.82) is 0 Å². The Morgan fingerprint density at radius 1 is 1.20 bits per heavy atom. The number of carbonyl (C=O) groups is 1. The number of thiazole rings is 1. The third kappa shape index (κ3) is 4.35. The summed E-state index contributed by atoms with van der Waals surface area (Å²) in [5.74, 6) is 0.585. The minimum absolute atomic E-state index is 0.0899. The van der Waals surface area contributed by atoms with Crippen molar-refractivity contribution in [2.24, 2.45) is 0 Å². The lowest BCUT2D eigenvalue weighted by Crippen LogP contribution is -2.26. The quantitative estimate of drug-likeness (QED) is 0.656. The van der Waals surface area contributed by atoms with E-state index in [-0.39, 0.29) is 5.91 Å². The number of carbonyl (C=O) groups excluding carboxylic acids is 1. The van der Waals surface area contributed by atoms with Crippen LogP contribution in [-0.2, 0) is 0 Å². The van der Waals surface area contributed by atoms with Gasteiger partial charge in [-0.05, 0) is 39.2 Å². The van der Waals surface area contributed by atoms with Gasteiger partial charge in [0.1, 0.15) is 4.88 Å². The van der Waals surface area contributed by atoms with Crippen LogP contribution < -0.4 is 5.32 Å². The molecule has 2 aromatic heterocycles. The van der Waals surface area contributed by atoms with Crippen LogP contribution in [0.2, 0.25) is 0 Å². The molecule has 6 heteroatoms. The molecule has 130 valence electrons. The summed E-state index contributed by atoms with van der Waals surface area (Å²) in [6.07, 6.45) is 2.52. The van der Waals surface area contributed by atoms with Gasteiger partial charge >= 0.3 is 0 Å². The molecule has 0 aliphatic carbocycles. The van der Waals surface area contributed by atoms with Crippen LogP contribution >= 0.6 is 11.3 Å². The van der Waals surface area contributed by atoms with Crippen molar-refractivity contribution in [3.8, 4) is 22.0 Å². The van der Waals surface area contributed by atoms with Crippen LogP contribution in [0.4, 0.5) is 0 Å². The Morgan fingerprint density at radius 3 is 2.68 bits per heavy atom. The maximum absolute atomic E-state index is 12.7. The van der Waals surface area contributed by atoms with Crippen LogP contribution in [0.25, 0.3) is 22.0 Å². The largest absolute Gasteiger partial charge is 0.462 e. The van der Waals surface area contributed by atoms with E-state index < -0.39 is 0 Å². The maximum Gasteiger partial charge on any atom is 0.263 e. The molecule has 25 heavy (non-hydrogen) atoms. The van der Waals surface area contributed by atoms with E-state index in [1.807, 2.05) is 56.6 Å². The molecular formula is C19H21N3O2S. The van der Waals surface area contributed by atoms with Crippen molar-refractivity contribution >= 4 is 17.2 Å². The van der Waals surface area contributed by atoms with Gasteiger partial charge in [-0.15, -0.1) is 11.3 Å². The average Bonchev–Trinajstić information content (AvgIpc) is 3.28. The summed E-state index contributed by atoms with van der Waals surface area (Å²) in [5, 5.41) is 3.71. The number of aromatic nitrogens is 1. The molecule has 0 saturated carbocycles. The predicted octanol–water partition coefficient (Wildman–Crippen LogP) is 3.75. The Labute approximate surface area is 151 Å². The van der Waals surface area contributed by atoms with Crippen LogP contribution in [0.15, 0.2) is 53.1 Å². The molecule has 0 bridgehead atoms.